The second-order valence-corrected chi connectivity index (χ2v) is 9.99. The van der Waals surface area contributed by atoms with E-state index in [2.05, 4.69) is 50.4 Å². The second-order valence-electron chi connectivity index (χ2n) is 9.99. The zero-order valence-corrected chi connectivity index (χ0v) is 20.5. The number of nitrogen functional groups attached to an aromatic ring is 1. The summed E-state index contributed by atoms with van der Waals surface area (Å²) in [5, 5.41) is 8.06. The van der Waals surface area contributed by atoms with Crippen LogP contribution < -0.4 is 15.8 Å². The van der Waals surface area contributed by atoms with E-state index in [1.165, 1.54) is 44.3 Å². The van der Waals surface area contributed by atoms with Gasteiger partial charge in [0.1, 0.15) is 16.8 Å². The molecule has 8 nitrogen and oxygen atoms in total. The minimum absolute atomic E-state index is 0.261. The van der Waals surface area contributed by atoms with Crippen LogP contribution in [-0.2, 0) is 13.1 Å². The number of hydrogen-bond donors (Lipinski definition) is 2. The molecular weight excluding hydrogens is 426 g/mol. The summed E-state index contributed by atoms with van der Waals surface area (Å²) in [5.41, 5.74) is 10.0. The van der Waals surface area contributed by atoms with Gasteiger partial charge in [-0.1, -0.05) is 25.8 Å². The van der Waals surface area contributed by atoms with Crippen LogP contribution in [0.25, 0.3) is 11.0 Å². The van der Waals surface area contributed by atoms with E-state index in [4.69, 9.17) is 10.5 Å². The van der Waals surface area contributed by atoms with Crippen LogP contribution in [0.15, 0.2) is 24.4 Å². The number of unbranched alkanes of at least 4 members (excludes halogenated alkanes) is 1. The Kier molecular flexibility index (Phi) is 6.85. The number of likely N-dealkylation sites (tertiary alicyclic amines) is 1. The van der Waals surface area contributed by atoms with Crippen molar-refractivity contribution in [3.63, 3.8) is 0 Å². The van der Waals surface area contributed by atoms with Gasteiger partial charge in [-0.2, -0.15) is 10.1 Å². The number of ether oxygens (including phenoxy) is 1. The van der Waals surface area contributed by atoms with Crippen LogP contribution in [0.2, 0.25) is 0 Å². The quantitative estimate of drug-likeness (QED) is 0.457. The van der Waals surface area contributed by atoms with Gasteiger partial charge in [-0.25, -0.2) is 4.98 Å². The van der Waals surface area contributed by atoms with E-state index in [1.54, 1.807) is 13.3 Å². The number of piperidine rings is 1. The third kappa shape index (κ3) is 4.97. The lowest BCUT2D eigenvalue weighted by atomic mass is 9.78. The topological polar surface area (TPSA) is 94.1 Å². The van der Waals surface area contributed by atoms with Crippen molar-refractivity contribution >= 4 is 22.8 Å². The number of anilines is 2. The van der Waals surface area contributed by atoms with E-state index in [-0.39, 0.29) is 5.95 Å². The molecule has 2 fully saturated rings. The Balaban J connectivity index is 1.39. The molecule has 3 N–H and O–H groups in total. The normalized spacial score (nSPS) is 20.5. The van der Waals surface area contributed by atoms with Crippen LogP contribution >= 0.6 is 0 Å². The molecule has 2 aliphatic rings. The maximum Gasteiger partial charge on any atom is 0.222 e. The van der Waals surface area contributed by atoms with Crippen LogP contribution in [0.3, 0.4) is 0 Å². The van der Waals surface area contributed by atoms with Crippen molar-refractivity contribution in [3.05, 3.63) is 35.5 Å². The maximum atomic E-state index is 5.95. The van der Waals surface area contributed by atoms with Crippen LogP contribution in [0, 0.1) is 11.8 Å². The molecule has 0 amide bonds. The van der Waals surface area contributed by atoms with Gasteiger partial charge in [-0.05, 0) is 55.2 Å². The fourth-order valence-electron chi connectivity index (χ4n) is 5.78. The fourth-order valence-corrected chi connectivity index (χ4v) is 5.78. The molecule has 8 heteroatoms. The number of fused-ring (bicyclic) bond motifs is 3. The number of nitrogens with one attached hydrogen (secondary N) is 1. The third-order valence-corrected chi connectivity index (χ3v) is 7.32. The van der Waals surface area contributed by atoms with E-state index >= 15 is 0 Å². The number of rotatable bonds is 9. The molecule has 1 saturated heterocycles. The van der Waals surface area contributed by atoms with E-state index in [1.807, 2.05) is 4.68 Å². The first-order chi connectivity index (χ1) is 16.6. The number of hydrogen-bond acceptors (Lipinski definition) is 7. The lowest BCUT2D eigenvalue weighted by Crippen LogP contribution is -2.42. The highest BCUT2D eigenvalue weighted by Crippen LogP contribution is 2.35. The lowest BCUT2D eigenvalue weighted by Gasteiger charge is -2.41. The number of nitrogens with two attached hydrogens (primary N) is 1. The minimum Gasteiger partial charge on any atom is -0.496 e. The minimum atomic E-state index is 0.261. The SMILES string of the molecule is CCCCNc1nc(N)nc2cnn(Cc3cc(CN4CC5CCCC(C5)C4)ccc3OC)c12. The fraction of sp³-hybridized carbons (Fsp3) is 0.577. The molecule has 1 aliphatic carbocycles. The van der Waals surface area contributed by atoms with Crippen LogP contribution in [-0.4, -0.2) is 51.4 Å². The molecule has 2 bridgehead atoms. The molecule has 0 spiro atoms. The highest BCUT2D eigenvalue weighted by Gasteiger charge is 2.30. The summed E-state index contributed by atoms with van der Waals surface area (Å²) < 4.78 is 7.67. The molecule has 1 saturated carbocycles. The molecule has 5 rings (SSSR count). The number of nitrogens with zero attached hydrogens (tertiary/aromatic N) is 5. The summed E-state index contributed by atoms with van der Waals surface area (Å²) >= 11 is 0. The molecule has 2 aromatic heterocycles. The largest absolute Gasteiger partial charge is 0.496 e. The zero-order valence-electron chi connectivity index (χ0n) is 20.5. The van der Waals surface area contributed by atoms with Crippen molar-refractivity contribution in [2.24, 2.45) is 11.8 Å². The van der Waals surface area contributed by atoms with Gasteiger partial charge in [0.2, 0.25) is 5.95 Å². The van der Waals surface area contributed by atoms with Crippen molar-refractivity contribution < 1.29 is 4.74 Å². The van der Waals surface area contributed by atoms with Gasteiger partial charge < -0.3 is 15.8 Å². The average Bonchev–Trinajstić information content (AvgIpc) is 3.21. The maximum absolute atomic E-state index is 5.95. The summed E-state index contributed by atoms with van der Waals surface area (Å²) in [4.78, 5) is 11.5. The first-order valence-corrected chi connectivity index (χ1v) is 12.7. The van der Waals surface area contributed by atoms with E-state index in [0.717, 1.165) is 65.9 Å². The summed E-state index contributed by atoms with van der Waals surface area (Å²) in [6, 6.07) is 6.57. The Labute approximate surface area is 201 Å². The summed E-state index contributed by atoms with van der Waals surface area (Å²) in [6.45, 7) is 7.05. The number of methoxy groups -OCH3 is 1. The molecule has 1 aromatic carbocycles. The first-order valence-electron chi connectivity index (χ1n) is 12.7. The molecule has 34 heavy (non-hydrogen) atoms. The van der Waals surface area contributed by atoms with Crippen molar-refractivity contribution in [1.29, 1.82) is 0 Å². The molecule has 2 atom stereocenters. The molecule has 3 aromatic rings. The van der Waals surface area contributed by atoms with Crippen molar-refractivity contribution in [1.82, 2.24) is 24.6 Å². The van der Waals surface area contributed by atoms with E-state index < -0.39 is 0 Å². The van der Waals surface area contributed by atoms with E-state index in [0.29, 0.717) is 6.54 Å². The van der Waals surface area contributed by atoms with E-state index in [9.17, 15) is 0 Å². The van der Waals surface area contributed by atoms with Gasteiger partial charge in [0, 0.05) is 31.7 Å². The Hall–Kier alpha value is -2.87. The summed E-state index contributed by atoms with van der Waals surface area (Å²) in [5.74, 6) is 3.64. The summed E-state index contributed by atoms with van der Waals surface area (Å²) in [6.07, 6.45) is 9.58. The Morgan fingerprint density at radius 2 is 1.97 bits per heavy atom. The Bertz CT molecular complexity index is 1120. The summed E-state index contributed by atoms with van der Waals surface area (Å²) in [7, 11) is 1.73. The van der Waals surface area contributed by atoms with Gasteiger partial charge in [0.05, 0.1) is 19.9 Å². The molecule has 0 radical (unpaired) electrons. The predicted molar refractivity (Wildman–Crippen MR) is 136 cm³/mol. The molecule has 1 aliphatic heterocycles. The van der Waals surface area contributed by atoms with Crippen LogP contribution in [0.5, 0.6) is 5.75 Å². The highest BCUT2D eigenvalue weighted by atomic mass is 16.5. The second kappa shape index (κ2) is 10.2. The highest BCUT2D eigenvalue weighted by molar-refractivity contribution is 5.86. The third-order valence-electron chi connectivity index (χ3n) is 7.32. The van der Waals surface area contributed by atoms with Gasteiger partial charge in [-0.3, -0.25) is 9.58 Å². The van der Waals surface area contributed by atoms with Crippen LogP contribution in [0.1, 0.15) is 56.6 Å². The van der Waals surface area contributed by atoms with Crippen molar-refractivity contribution in [2.45, 2.75) is 58.5 Å². The molecule has 3 heterocycles. The lowest BCUT2D eigenvalue weighted by molar-refractivity contribution is 0.0808. The van der Waals surface area contributed by atoms with Gasteiger partial charge in [-0.15, -0.1) is 0 Å². The molecule has 2 unspecified atom stereocenters. The van der Waals surface area contributed by atoms with Crippen molar-refractivity contribution in [2.75, 3.05) is 37.8 Å². The van der Waals surface area contributed by atoms with Crippen LogP contribution in [0.4, 0.5) is 11.8 Å². The van der Waals surface area contributed by atoms with Crippen molar-refractivity contribution in [3.8, 4) is 5.75 Å². The standard InChI is InChI=1S/C26H37N7O/c1-3-4-10-28-25-24-22(30-26(27)31-25)13-29-33(24)17-21-12-20(8-9-23(21)34-2)16-32-14-18-6-5-7-19(11-18)15-32/h8-9,12-13,18-19H,3-7,10-11,14-17H2,1-2H3,(H3,27,28,30,31). The molecule has 182 valence electrons. The average molecular weight is 464 g/mol. The number of aromatic nitrogens is 4. The molecular formula is C26H37N7O. The predicted octanol–water partition coefficient (Wildman–Crippen LogP) is 4.30. The van der Waals surface area contributed by atoms with Gasteiger partial charge in [0.25, 0.3) is 0 Å². The Morgan fingerprint density at radius 1 is 1.15 bits per heavy atom. The monoisotopic (exact) mass is 463 g/mol. The first kappa shape index (κ1) is 22.9. The Morgan fingerprint density at radius 3 is 2.74 bits per heavy atom. The van der Waals surface area contributed by atoms with Gasteiger partial charge >= 0.3 is 0 Å². The smallest absolute Gasteiger partial charge is 0.222 e. The van der Waals surface area contributed by atoms with Gasteiger partial charge in [0.15, 0.2) is 5.82 Å². The zero-order chi connectivity index (χ0) is 23.5. The number of benzene rings is 1.